The summed E-state index contributed by atoms with van der Waals surface area (Å²) in [6, 6.07) is 5.07. The number of nitrogens with zero attached hydrogens (tertiary/aromatic N) is 1. The Balaban J connectivity index is 2.15. The van der Waals surface area contributed by atoms with Crippen molar-refractivity contribution in [1.29, 1.82) is 0 Å². The molecule has 0 unspecified atom stereocenters. The normalized spacial score (nSPS) is 12.9. The van der Waals surface area contributed by atoms with Crippen molar-refractivity contribution in [2.45, 2.75) is 19.9 Å². The largest absolute Gasteiger partial charge is 0.325 e. The number of fused-ring (bicyclic) bond motifs is 1. The molecule has 4 N–H and O–H groups in total. The summed E-state index contributed by atoms with van der Waals surface area (Å²) in [4.78, 5) is 11.8. The van der Waals surface area contributed by atoms with Crippen LogP contribution in [-0.4, -0.2) is 22.1 Å². The molecule has 0 bridgehead atoms. The van der Waals surface area contributed by atoms with Crippen molar-refractivity contribution in [2.75, 3.05) is 5.32 Å². The second-order valence-electron chi connectivity index (χ2n) is 4.43. The summed E-state index contributed by atoms with van der Waals surface area (Å²) in [6.07, 6.45) is 1.72. The van der Waals surface area contributed by atoms with Crippen LogP contribution in [0.1, 0.15) is 13.8 Å². The second-order valence-corrected chi connectivity index (χ2v) is 4.43. The predicted octanol–water partition coefficient (Wildman–Crippen LogP) is 1.48. The van der Waals surface area contributed by atoms with Crippen LogP contribution in [0.5, 0.6) is 0 Å². The van der Waals surface area contributed by atoms with Gasteiger partial charge in [-0.25, -0.2) is 0 Å². The van der Waals surface area contributed by atoms with Gasteiger partial charge in [-0.05, 0) is 24.1 Å². The summed E-state index contributed by atoms with van der Waals surface area (Å²) in [6.45, 7) is 3.84. The topological polar surface area (TPSA) is 83.8 Å². The van der Waals surface area contributed by atoms with Crippen LogP contribution in [0.15, 0.2) is 24.4 Å². The molecule has 90 valence electrons. The first-order chi connectivity index (χ1) is 8.08. The van der Waals surface area contributed by atoms with E-state index in [-0.39, 0.29) is 11.8 Å². The van der Waals surface area contributed by atoms with E-state index in [1.807, 2.05) is 32.0 Å². The molecule has 0 radical (unpaired) electrons. The van der Waals surface area contributed by atoms with Crippen LogP contribution in [0, 0.1) is 5.92 Å². The number of nitrogens with two attached hydrogens (primary N) is 1. The lowest BCUT2D eigenvalue weighted by molar-refractivity contribution is -0.118. The number of hydrogen-bond donors (Lipinski definition) is 3. The number of carbonyl (C=O) groups excluding carboxylic acids is 1. The molecule has 0 aliphatic carbocycles. The van der Waals surface area contributed by atoms with Gasteiger partial charge in [-0.1, -0.05) is 13.8 Å². The van der Waals surface area contributed by atoms with Gasteiger partial charge in [0, 0.05) is 11.1 Å². The number of carbonyl (C=O) groups is 1. The number of hydrogen-bond acceptors (Lipinski definition) is 3. The molecule has 1 aromatic carbocycles. The summed E-state index contributed by atoms with van der Waals surface area (Å²) in [7, 11) is 0. The Bertz CT molecular complexity index is 532. The maximum absolute atomic E-state index is 11.8. The van der Waals surface area contributed by atoms with Crippen LogP contribution in [-0.2, 0) is 4.79 Å². The van der Waals surface area contributed by atoms with Gasteiger partial charge in [0.05, 0.1) is 17.8 Å². The Morgan fingerprint density at radius 1 is 1.47 bits per heavy atom. The summed E-state index contributed by atoms with van der Waals surface area (Å²) < 4.78 is 0. The zero-order valence-corrected chi connectivity index (χ0v) is 9.90. The van der Waals surface area contributed by atoms with Gasteiger partial charge in [0.15, 0.2) is 0 Å². The third kappa shape index (κ3) is 2.45. The van der Waals surface area contributed by atoms with E-state index in [1.54, 1.807) is 6.20 Å². The Kier molecular flexibility index (Phi) is 3.10. The van der Waals surface area contributed by atoms with Gasteiger partial charge >= 0.3 is 0 Å². The summed E-state index contributed by atoms with van der Waals surface area (Å²) in [5, 5.41) is 10.5. The smallest absolute Gasteiger partial charge is 0.241 e. The van der Waals surface area contributed by atoms with Crippen LogP contribution >= 0.6 is 0 Å². The van der Waals surface area contributed by atoms with Crippen LogP contribution in [0.4, 0.5) is 5.69 Å². The molecule has 1 amide bonds. The fourth-order valence-corrected chi connectivity index (χ4v) is 1.55. The number of aromatic amines is 1. The summed E-state index contributed by atoms with van der Waals surface area (Å²) in [5.74, 6) is -0.0458. The molecule has 0 fully saturated rings. The molecule has 1 heterocycles. The average Bonchev–Trinajstić information content (AvgIpc) is 2.74. The highest BCUT2D eigenvalue weighted by Crippen LogP contribution is 2.17. The third-order valence-electron chi connectivity index (χ3n) is 2.73. The van der Waals surface area contributed by atoms with Crippen molar-refractivity contribution >= 4 is 22.5 Å². The van der Waals surface area contributed by atoms with E-state index in [9.17, 15) is 4.79 Å². The number of amides is 1. The van der Waals surface area contributed by atoms with E-state index in [1.165, 1.54) is 0 Å². The van der Waals surface area contributed by atoms with Crippen LogP contribution in [0.25, 0.3) is 10.9 Å². The molecule has 1 aromatic heterocycles. The van der Waals surface area contributed by atoms with Gasteiger partial charge < -0.3 is 11.1 Å². The number of rotatable bonds is 3. The lowest BCUT2D eigenvalue weighted by atomic mass is 10.0. The van der Waals surface area contributed by atoms with E-state index >= 15 is 0 Å². The maximum Gasteiger partial charge on any atom is 0.241 e. The van der Waals surface area contributed by atoms with E-state index in [4.69, 9.17) is 5.73 Å². The van der Waals surface area contributed by atoms with E-state index < -0.39 is 6.04 Å². The van der Waals surface area contributed by atoms with Gasteiger partial charge in [0.25, 0.3) is 0 Å². The standard InChI is InChI=1S/C12H16N4O/c1-7(2)11(13)12(17)15-9-3-4-10-8(5-9)6-14-16-10/h3-7,11H,13H2,1-2H3,(H,14,16)(H,15,17)/t11-/m1/s1. The van der Waals surface area contributed by atoms with E-state index in [0.29, 0.717) is 0 Å². The van der Waals surface area contributed by atoms with Gasteiger partial charge in [-0.15, -0.1) is 0 Å². The highest BCUT2D eigenvalue weighted by Gasteiger charge is 2.17. The minimum Gasteiger partial charge on any atom is -0.325 e. The van der Waals surface area contributed by atoms with Gasteiger partial charge in [-0.2, -0.15) is 5.10 Å². The monoisotopic (exact) mass is 232 g/mol. The molecule has 0 spiro atoms. The molecule has 0 aliphatic rings. The molecular weight excluding hydrogens is 216 g/mol. The molecule has 0 saturated heterocycles. The van der Waals surface area contributed by atoms with Crippen molar-refractivity contribution in [1.82, 2.24) is 10.2 Å². The van der Waals surface area contributed by atoms with Crippen LogP contribution in [0.3, 0.4) is 0 Å². The Hall–Kier alpha value is -1.88. The van der Waals surface area contributed by atoms with Crippen molar-refractivity contribution in [2.24, 2.45) is 11.7 Å². The van der Waals surface area contributed by atoms with Crippen LogP contribution in [0.2, 0.25) is 0 Å². The van der Waals surface area contributed by atoms with Gasteiger partial charge in [0.2, 0.25) is 5.91 Å². The Morgan fingerprint density at radius 2 is 2.24 bits per heavy atom. The summed E-state index contributed by atoms with van der Waals surface area (Å²) >= 11 is 0. The highest BCUT2D eigenvalue weighted by molar-refractivity contribution is 5.96. The quantitative estimate of drug-likeness (QED) is 0.749. The molecule has 2 aromatic rings. The van der Waals surface area contributed by atoms with Crippen molar-refractivity contribution in [3.8, 4) is 0 Å². The molecule has 17 heavy (non-hydrogen) atoms. The Labute approximate surface area is 99.4 Å². The lowest BCUT2D eigenvalue weighted by Crippen LogP contribution is -2.39. The average molecular weight is 232 g/mol. The number of nitrogens with one attached hydrogen (secondary N) is 2. The zero-order valence-electron chi connectivity index (χ0n) is 9.90. The third-order valence-corrected chi connectivity index (χ3v) is 2.73. The van der Waals surface area contributed by atoms with Gasteiger partial charge in [0.1, 0.15) is 0 Å². The molecule has 0 saturated carbocycles. The Morgan fingerprint density at radius 3 is 2.94 bits per heavy atom. The molecular formula is C12H16N4O. The molecule has 2 rings (SSSR count). The first-order valence-corrected chi connectivity index (χ1v) is 5.57. The van der Waals surface area contributed by atoms with E-state index in [0.717, 1.165) is 16.6 Å². The minimum atomic E-state index is -0.491. The first-order valence-electron chi connectivity index (χ1n) is 5.57. The number of H-pyrrole nitrogens is 1. The van der Waals surface area contributed by atoms with Crippen molar-refractivity contribution in [3.05, 3.63) is 24.4 Å². The fourth-order valence-electron chi connectivity index (χ4n) is 1.55. The zero-order chi connectivity index (χ0) is 12.4. The number of benzene rings is 1. The van der Waals surface area contributed by atoms with Crippen molar-refractivity contribution in [3.63, 3.8) is 0 Å². The van der Waals surface area contributed by atoms with E-state index in [2.05, 4.69) is 15.5 Å². The predicted molar refractivity (Wildman–Crippen MR) is 67.5 cm³/mol. The lowest BCUT2D eigenvalue weighted by Gasteiger charge is -2.15. The minimum absolute atomic E-state index is 0.118. The molecule has 5 heteroatoms. The van der Waals surface area contributed by atoms with Crippen molar-refractivity contribution < 1.29 is 4.79 Å². The second kappa shape index (κ2) is 4.55. The highest BCUT2D eigenvalue weighted by atomic mass is 16.2. The number of aromatic nitrogens is 2. The molecule has 1 atom stereocenters. The molecule has 5 nitrogen and oxygen atoms in total. The summed E-state index contributed by atoms with van der Waals surface area (Å²) in [5.41, 5.74) is 7.45. The van der Waals surface area contributed by atoms with Gasteiger partial charge in [-0.3, -0.25) is 9.89 Å². The maximum atomic E-state index is 11.8. The SMILES string of the molecule is CC(C)[C@@H](N)C(=O)Nc1ccc2[nH]ncc2c1. The fraction of sp³-hybridized carbons (Fsp3) is 0.333. The first kappa shape index (κ1) is 11.6. The number of anilines is 1. The van der Waals surface area contributed by atoms with Crippen LogP contribution < -0.4 is 11.1 Å². The molecule has 0 aliphatic heterocycles.